The number of carbonyl (C=O) groups is 1. The average molecular weight is 419 g/mol. The third-order valence-electron chi connectivity index (χ3n) is 4.69. The van der Waals surface area contributed by atoms with Gasteiger partial charge in [0.2, 0.25) is 0 Å². The molecule has 0 saturated carbocycles. The molecule has 8 nitrogen and oxygen atoms in total. The molecule has 10 heteroatoms. The van der Waals surface area contributed by atoms with Crippen molar-refractivity contribution in [2.24, 2.45) is 0 Å². The number of tetrazole rings is 1. The monoisotopic (exact) mass is 419 g/mol. The number of allylic oxidation sites excluding steroid dienone is 2. The van der Waals surface area contributed by atoms with Crippen LogP contribution >= 0.6 is 0 Å². The van der Waals surface area contributed by atoms with Gasteiger partial charge in [0, 0.05) is 18.5 Å². The number of hydrogen-bond acceptors (Lipinski definition) is 6. The van der Waals surface area contributed by atoms with E-state index in [0.717, 1.165) is 12.5 Å². The third-order valence-corrected chi connectivity index (χ3v) is 4.69. The first kappa shape index (κ1) is 21.6. The summed E-state index contributed by atoms with van der Waals surface area (Å²) in [6.07, 6.45) is 5.78. The van der Waals surface area contributed by atoms with E-state index in [9.17, 15) is 18.7 Å². The Morgan fingerprint density at radius 2 is 2.13 bits per heavy atom. The Kier molecular flexibility index (Phi) is 7.23. The van der Waals surface area contributed by atoms with Gasteiger partial charge in [0.05, 0.1) is 6.04 Å². The van der Waals surface area contributed by atoms with E-state index in [1.807, 2.05) is 12.2 Å². The van der Waals surface area contributed by atoms with E-state index in [1.165, 1.54) is 35.2 Å². The van der Waals surface area contributed by atoms with Gasteiger partial charge >= 0.3 is 12.0 Å². The number of aromatic nitrogens is 4. The second kappa shape index (κ2) is 10.1. The van der Waals surface area contributed by atoms with Gasteiger partial charge in [-0.25, -0.2) is 9.89 Å². The lowest BCUT2D eigenvalue weighted by molar-refractivity contribution is -0.0929. The van der Waals surface area contributed by atoms with Gasteiger partial charge in [-0.1, -0.05) is 54.6 Å². The molecule has 1 amide bonds. The standard InChI is InChI=1S/C20H23F2N5O3/c21-20(22,15-8-4-3-5-9-15)17(28)12-11-16-14-30-19(29)27(16)13-7-2-1-6-10-18-23-25-26-24-18/h1,3-6,8-9,11-12,16-17,28H,2,7,10,13-14H2,(H,23,24,25,26)/b6-1+,12-11+. The smallest absolute Gasteiger partial charge is 0.410 e. The first-order valence-electron chi connectivity index (χ1n) is 9.59. The topological polar surface area (TPSA) is 104 Å². The summed E-state index contributed by atoms with van der Waals surface area (Å²) in [5.74, 6) is -2.78. The van der Waals surface area contributed by atoms with Crippen molar-refractivity contribution in [3.05, 3.63) is 66.0 Å². The number of cyclic esters (lactones) is 1. The lowest BCUT2D eigenvalue weighted by Crippen LogP contribution is -2.34. The number of aliphatic hydroxyl groups excluding tert-OH is 1. The summed E-state index contributed by atoms with van der Waals surface area (Å²) in [7, 11) is 0. The molecule has 2 aromatic rings. The zero-order chi connectivity index (χ0) is 21.4. The van der Waals surface area contributed by atoms with Crippen molar-refractivity contribution in [3.63, 3.8) is 0 Å². The Morgan fingerprint density at radius 3 is 2.87 bits per heavy atom. The maximum Gasteiger partial charge on any atom is 0.410 e. The fraction of sp³-hybridized carbons (Fsp3) is 0.400. The van der Waals surface area contributed by atoms with Crippen LogP contribution in [0.1, 0.15) is 24.2 Å². The zero-order valence-corrected chi connectivity index (χ0v) is 16.2. The number of rotatable bonds is 10. The quantitative estimate of drug-likeness (QED) is 0.453. The number of unbranched alkanes of at least 4 members (excludes halogenated alkanes) is 1. The number of ether oxygens (including phenoxy) is 1. The van der Waals surface area contributed by atoms with Crippen LogP contribution in [-0.4, -0.2) is 62.0 Å². The van der Waals surface area contributed by atoms with Crippen LogP contribution < -0.4 is 0 Å². The van der Waals surface area contributed by atoms with Crippen LogP contribution in [0.2, 0.25) is 0 Å². The minimum absolute atomic E-state index is 0.0628. The minimum Gasteiger partial charge on any atom is -0.447 e. The molecule has 1 aromatic heterocycles. The summed E-state index contributed by atoms with van der Waals surface area (Å²) in [6.45, 7) is 0.473. The summed E-state index contributed by atoms with van der Waals surface area (Å²) in [5, 5.41) is 23.4. The van der Waals surface area contributed by atoms with Crippen molar-refractivity contribution in [3.8, 4) is 0 Å². The lowest BCUT2D eigenvalue weighted by atomic mass is 10.0. The van der Waals surface area contributed by atoms with Gasteiger partial charge in [-0.2, -0.15) is 8.78 Å². The van der Waals surface area contributed by atoms with Gasteiger partial charge in [0.1, 0.15) is 12.7 Å². The third kappa shape index (κ3) is 5.47. The SMILES string of the molecule is O=C1OCC(/C=C/C(O)C(F)(F)c2ccccc2)N1CCC/C=C/Cc1nnn[nH]1. The van der Waals surface area contributed by atoms with Gasteiger partial charge in [0.15, 0.2) is 5.82 Å². The number of H-pyrrole nitrogens is 1. The van der Waals surface area contributed by atoms with Crippen LogP contribution in [0.3, 0.4) is 0 Å². The van der Waals surface area contributed by atoms with E-state index in [2.05, 4.69) is 20.6 Å². The van der Waals surface area contributed by atoms with Gasteiger partial charge < -0.3 is 9.84 Å². The van der Waals surface area contributed by atoms with Crippen molar-refractivity contribution in [2.45, 2.75) is 37.3 Å². The summed E-state index contributed by atoms with van der Waals surface area (Å²) >= 11 is 0. The van der Waals surface area contributed by atoms with Crippen molar-refractivity contribution in [1.29, 1.82) is 0 Å². The second-order valence-electron chi connectivity index (χ2n) is 6.82. The molecule has 3 rings (SSSR count). The predicted molar refractivity (Wildman–Crippen MR) is 104 cm³/mol. The van der Waals surface area contributed by atoms with Crippen LogP contribution in [-0.2, 0) is 17.1 Å². The molecule has 1 aliphatic rings. The lowest BCUT2D eigenvalue weighted by Gasteiger charge is -2.22. The summed E-state index contributed by atoms with van der Waals surface area (Å²) in [6, 6.07) is 6.63. The Bertz CT molecular complexity index is 859. The number of hydrogen-bond donors (Lipinski definition) is 2. The van der Waals surface area contributed by atoms with E-state index in [-0.39, 0.29) is 12.2 Å². The molecule has 160 valence electrons. The number of aromatic amines is 1. The molecule has 30 heavy (non-hydrogen) atoms. The molecule has 0 spiro atoms. The van der Waals surface area contributed by atoms with Gasteiger partial charge in [0.25, 0.3) is 0 Å². The first-order chi connectivity index (χ1) is 14.5. The zero-order valence-electron chi connectivity index (χ0n) is 16.2. The van der Waals surface area contributed by atoms with E-state index in [0.29, 0.717) is 25.2 Å². The fourth-order valence-electron chi connectivity index (χ4n) is 3.02. The molecule has 0 aliphatic carbocycles. The first-order valence-corrected chi connectivity index (χ1v) is 9.59. The number of aliphatic hydroxyl groups is 1. The van der Waals surface area contributed by atoms with Crippen molar-refractivity contribution in [1.82, 2.24) is 25.5 Å². The number of carbonyl (C=O) groups excluding carboxylic acids is 1. The second-order valence-corrected chi connectivity index (χ2v) is 6.82. The molecule has 2 unspecified atom stereocenters. The highest BCUT2D eigenvalue weighted by atomic mass is 19.3. The molecule has 1 fully saturated rings. The molecule has 0 radical (unpaired) electrons. The van der Waals surface area contributed by atoms with Crippen molar-refractivity contribution < 1.29 is 23.4 Å². The van der Waals surface area contributed by atoms with E-state index < -0.39 is 24.2 Å². The molecular formula is C20H23F2N5O3. The van der Waals surface area contributed by atoms with Crippen molar-refractivity contribution >= 4 is 6.09 Å². The number of alkyl halides is 2. The molecule has 1 aliphatic heterocycles. The fourth-order valence-corrected chi connectivity index (χ4v) is 3.02. The number of halogens is 2. The van der Waals surface area contributed by atoms with Gasteiger partial charge in [-0.3, -0.25) is 4.90 Å². The molecule has 1 saturated heterocycles. The van der Waals surface area contributed by atoms with E-state index in [1.54, 1.807) is 6.07 Å². The average Bonchev–Trinajstić information content (AvgIpc) is 3.39. The van der Waals surface area contributed by atoms with E-state index in [4.69, 9.17) is 4.74 Å². The van der Waals surface area contributed by atoms with Crippen LogP contribution in [0.5, 0.6) is 0 Å². The molecular weight excluding hydrogens is 396 g/mol. The molecule has 2 heterocycles. The molecule has 1 aromatic carbocycles. The highest BCUT2D eigenvalue weighted by Gasteiger charge is 2.39. The number of benzene rings is 1. The van der Waals surface area contributed by atoms with E-state index >= 15 is 0 Å². The molecule has 2 atom stereocenters. The number of nitrogens with zero attached hydrogens (tertiary/aromatic N) is 4. The summed E-state index contributed by atoms with van der Waals surface area (Å²) in [5.41, 5.74) is -0.273. The maximum atomic E-state index is 14.4. The van der Waals surface area contributed by atoms with Crippen LogP contribution in [0.15, 0.2) is 54.6 Å². The van der Waals surface area contributed by atoms with Crippen LogP contribution in [0.25, 0.3) is 0 Å². The Balaban J connectivity index is 1.49. The molecule has 0 bridgehead atoms. The highest BCUT2D eigenvalue weighted by Crippen LogP contribution is 2.32. The normalized spacial score (nSPS) is 18.4. The predicted octanol–water partition coefficient (Wildman–Crippen LogP) is 2.61. The van der Waals surface area contributed by atoms with Gasteiger partial charge in [-0.15, -0.1) is 5.10 Å². The largest absolute Gasteiger partial charge is 0.447 e. The highest BCUT2D eigenvalue weighted by molar-refractivity contribution is 5.70. The number of amides is 1. The minimum atomic E-state index is -3.43. The van der Waals surface area contributed by atoms with Crippen LogP contribution in [0, 0.1) is 0 Å². The summed E-state index contributed by atoms with van der Waals surface area (Å²) in [4.78, 5) is 13.4. The molecule has 2 N–H and O–H groups in total. The van der Waals surface area contributed by atoms with Gasteiger partial charge in [-0.05, 0) is 23.3 Å². The van der Waals surface area contributed by atoms with Crippen molar-refractivity contribution in [2.75, 3.05) is 13.2 Å². The Morgan fingerprint density at radius 1 is 1.33 bits per heavy atom. The Labute approximate surface area is 172 Å². The maximum absolute atomic E-state index is 14.4. The Hall–Kier alpha value is -3.14. The van der Waals surface area contributed by atoms with Crippen LogP contribution in [0.4, 0.5) is 13.6 Å². The summed E-state index contributed by atoms with van der Waals surface area (Å²) < 4.78 is 33.8. The number of nitrogens with one attached hydrogen (secondary N) is 1.